The van der Waals surface area contributed by atoms with E-state index in [0.717, 1.165) is 0 Å². The molecule has 0 saturated carbocycles. The molecule has 0 bridgehead atoms. The van der Waals surface area contributed by atoms with Gasteiger partial charge in [-0.2, -0.15) is 0 Å². The number of carbonyl (C=O) groups excluding carboxylic acids is 1. The van der Waals surface area contributed by atoms with E-state index in [1.54, 1.807) is 6.92 Å². The van der Waals surface area contributed by atoms with Crippen LogP contribution in [0.1, 0.15) is 6.92 Å². The predicted octanol–water partition coefficient (Wildman–Crippen LogP) is 2.89. The Morgan fingerprint density at radius 2 is 2.25 bits per heavy atom. The molecule has 16 heavy (non-hydrogen) atoms. The third-order valence-corrected chi connectivity index (χ3v) is 2.07. The highest BCUT2D eigenvalue weighted by molar-refractivity contribution is 9.10. The fourth-order valence-electron chi connectivity index (χ4n) is 0.957. The number of carbonyl (C=O) groups is 1. The Balaban J connectivity index is 2.95. The second-order valence-electron chi connectivity index (χ2n) is 2.65. The van der Waals surface area contributed by atoms with Crippen LogP contribution in [-0.2, 0) is 4.74 Å². The van der Waals surface area contributed by atoms with Gasteiger partial charge in [-0.25, -0.2) is 4.79 Å². The number of hydrogen-bond acceptors (Lipinski definition) is 5. The first-order chi connectivity index (χ1) is 7.54. The summed E-state index contributed by atoms with van der Waals surface area (Å²) >= 11 is 3.09. The van der Waals surface area contributed by atoms with Crippen LogP contribution in [0.5, 0.6) is 5.75 Å². The van der Waals surface area contributed by atoms with Crippen LogP contribution in [0.4, 0.5) is 10.5 Å². The van der Waals surface area contributed by atoms with Crippen LogP contribution in [0.25, 0.3) is 0 Å². The topological polar surface area (TPSA) is 78.7 Å². The molecule has 0 radical (unpaired) electrons. The zero-order valence-electron chi connectivity index (χ0n) is 8.31. The summed E-state index contributed by atoms with van der Waals surface area (Å²) in [6.07, 6.45) is -0.965. The van der Waals surface area contributed by atoms with E-state index in [1.165, 1.54) is 18.2 Å². The Hall–Kier alpha value is -1.63. The predicted molar refractivity (Wildman–Crippen MR) is 58.4 cm³/mol. The number of rotatable bonds is 3. The number of nitro benzene ring substituents is 1. The smallest absolute Gasteiger partial charge is 0.434 e. The number of nitro groups is 1. The number of hydrogen-bond donors (Lipinski definition) is 0. The molecule has 1 aromatic carbocycles. The van der Waals surface area contributed by atoms with E-state index in [1.807, 2.05) is 0 Å². The van der Waals surface area contributed by atoms with Gasteiger partial charge in [0.1, 0.15) is 0 Å². The maximum absolute atomic E-state index is 11.0. The van der Waals surface area contributed by atoms with Crippen LogP contribution in [0.3, 0.4) is 0 Å². The quantitative estimate of drug-likeness (QED) is 0.370. The Kier molecular flexibility index (Phi) is 4.24. The van der Waals surface area contributed by atoms with Crippen molar-refractivity contribution in [1.29, 1.82) is 0 Å². The van der Waals surface area contributed by atoms with Gasteiger partial charge in [0.15, 0.2) is 0 Å². The van der Waals surface area contributed by atoms with Crippen LogP contribution in [-0.4, -0.2) is 17.7 Å². The van der Waals surface area contributed by atoms with Crippen molar-refractivity contribution in [3.63, 3.8) is 0 Å². The SMILES string of the molecule is CCOC(=O)Oc1ccc(Br)cc1[N+](=O)[O-]. The molecule has 0 N–H and O–H groups in total. The van der Waals surface area contributed by atoms with Crippen molar-refractivity contribution in [1.82, 2.24) is 0 Å². The summed E-state index contributed by atoms with van der Waals surface area (Å²) in [6.45, 7) is 1.75. The Morgan fingerprint density at radius 1 is 1.56 bits per heavy atom. The average molecular weight is 290 g/mol. The molecule has 1 rings (SSSR count). The molecule has 0 amide bonds. The summed E-state index contributed by atoms with van der Waals surface area (Å²) in [5.41, 5.74) is -0.303. The average Bonchev–Trinajstić information content (AvgIpc) is 2.20. The van der Waals surface area contributed by atoms with Crippen molar-refractivity contribution in [2.24, 2.45) is 0 Å². The first-order valence-corrected chi connectivity index (χ1v) is 5.12. The van der Waals surface area contributed by atoms with E-state index in [9.17, 15) is 14.9 Å². The zero-order chi connectivity index (χ0) is 12.1. The maximum Gasteiger partial charge on any atom is 0.514 e. The highest BCUT2D eigenvalue weighted by atomic mass is 79.9. The van der Waals surface area contributed by atoms with Crippen LogP contribution in [0.15, 0.2) is 22.7 Å². The van der Waals surface area contributed by atoms with Crippen molar-refractivity contribution in [2.75, 3.05) is 6.61 Å². The molecule has 7 heteroatoms. The molecule has 0 unspecified atom stereocenters. The molecule has 0 aliphatic carbocycles. The number of nitrogens with zero attached hydrogens (tertiary/aromatic N) is 1. The van der Waals surface area contributed by atoms with Gasteiger partial charge in [0.25, 0.3) is 0 Å². The number of benzene rings is 1. The van der Waals surface area contributed by atoms with Crippen LogP contribution < -0.4 is 4.74 Å². The molecule has 86 valence electrons. The van der Waals surface area contributed by atoms with E-state index in [2.05, 4.69) is 25.4 Å². The zero-order valence-corrected chi connectivity index (χ0v) is 9.89. The summed E-state index contributed by atoms with van der Waals surface area (Å²) in [5, 5.41) is 10.7. The van der Waals surface area contributed by atoms with Gasteiger partial charge in [0.05, 0.1) is 11.5 Å². The molecular formula is C9H8BrNO5. The fourth-order valence-corrected chi connectivity index (χ4v) is 1.31. The maximum atomic E-state index is 11.0. The van der Waals surface area contributed by atoms with E-state index in [-0.39, 0.29) is 18.0 Å². The summed E-state index contributed by atoms with van der Waals surface area (Å²) < 4.78 is 9.72. The van der Waals surface area contributed by atoms with E-state index in [0.29, 0.717) is 4.47 Å². The molecule has 0 atom stereocenters. The van der Waals surface area contributed by atoms with Crippen LogP contribution in [0, 0.1) is 10.1 Å². The van der Waals surface area contributed by atoms with Gasteiger partial charge in [0, 0.05) is 10.5 Å². The minimum absolute atomic E-state index is 0.142. The number of ether oxygens (including phenoxy) is 2. The van der Waals surface area contributed by atoms with Crippen molar-refractivity contribution in [2.45, 2.75) is 6.92 Å². The van der Waals surface area contributed by atoms with Crippen molar-refractivity contribution >= 4 is 27.8 Å². The third-order valence-electron chi connectivity index (χ3n) is 1.57. The van der Waals surface area contributed by atoms with Crippen molar-refractivity contribution in [3.05, 3.63) is 32.8 Å². The second-order valence-corrected chi connectivity index (χ2v) is 3.57. The molecule has 0 spiro atoms. The summed E-state index contributed by atoms with van der Waals surface area (Å²) in [6, 6.07) is 4.09. The summed E-state index contributed by atoms with van der Waals surface area (Å²) in [7, 11) is 0. The van der Waals surface area contributed by atoms with Gasteiger partial charge < -0.3 is 9.47 Å². The monoisotopic (exact) mass is 289 g/mol. The Labute approximate surface area is 99.4 Å². The summed E-state index contributed by atoms with van der Waals surface area (Å²) in [4.78, 5) is 21.0. The Bertz CT molecular complexity index is 420. The minimum Gasteiger partial charge on any atom is -0.434 e. The minimum atomic E-state index is -0.965. The van der Waals surface area contributed by atoms with Gasteiger partial charge in [-0.1, -0.05) is 15.9 Å². The van der Waals surface area contributed by atoms with Gasteiger partial charge >= 0.3 is 11.8 Å². The Morgan fingerprint density at radius 3 is 2.81 bits per heavy atom. The third kappa shape index (κ3) is 3.20. The molecule has 0 aliphatic heterocycles. The van der Waals surface area contributed by atoms with Crippen molar-refractivity contribution in [3.8, 4) is 5.75 Å². The van der Waals surface area contributed by atoms with E-state index < -0.39 is 11.1 Å². The van der Waals surface area contributed by atoms with Crippen LogP contribution in [0.2, 0.25) is 0 Å². The standard InChI is InChI=1S/C9H8BrNO5/c1-2-15-9(12)16-8-4-3-6(10)5-7(8)11(13)14/h3-5H,2H2,1H3. The molecular weight excluding hydrogens is 282 g/mol. The lowest BCUT2D eigenvalue weighted by molar-refractivity contribution is -0.385. The highest BCUT2D eigenvalue weighted by Gasteiger charge is 2.18. The first kappa shape index (κ1) is 12.4. The van der Waals surface area contributed by atoms with Gasteiger partial charge in [-0.3, -0.25) is 10.1 Å². The second kappa shape index (κ2) is 5.45. The van der Waals surface area contributed by atoms with Gasteiger partial charge in [0.2, 0.25) is 5.75 Å². The van der Waals surface area contributed by atoms with Crippen LogP contribution >= 0.6 is 15.9 Å². The fraction of sp³-hybridized carbons (Fsp3) is 0.222. The van der Waals surface area contributed by atoms with Crippen molar-refractivity contribution < 1.29 is 19.2 Å². The molecule has 0 heterocycles. The first-order valence-electron chi connectivity index (χ1n) is 4.33. The molecule has 0 aliphatic rings. The molecule has 0 saturated heterocycles. The molecule has 1 aromatic rings. The van der Waals surface area contributed by atoms with Gasteiger partial charge in [-0.15, -0.1) is 0 Å². The lowest BCUT2D eigenvalue weighted by Gasteiger charge is -2.04. The van der Waals surface area contributed by atoms with E-state index in [4.69, 9.17) is 0 Å². The van der Waals surface area contributed by atoms with E-state index >= 15 is 0 Å². The lowest BCUT2D eigenvalue weighted by atomic mass is 10.3. The molecule has 6 nitrogen and oxygen atoms in total. The lowest BCUT2D eigenvalue weighted by Crippen LogP contribution is -2.11. The molecule has 0 fully saturated rings. The largest absolute Gasteiger partial charge is 0.514 e. The highest BCUT2D eigenvalue weighted by Crippen LogP contribution is 2.30. The normalized spacial score (nSPS) is 9.62. The summed E-state index contributed by atoms with van der Waals surface area (Å²) in [5.74, 6) is -0.147. The number of halogens is 1. The molecule has 0 aromatic heterocycles. The van der Waals surface area contributed by atoms with Gasteiger partial charge in [-0.05, 0) is 19.1 Å².